The van der Waals surface area contributed by atoms with Crippen LogP contribution in [0.15, 0.2) is 5.16 Å². The van der Waals surface area contributed by atoms with Gasteiger partial charge in [0.1, 0.15) is 0 Å². The molecule has 1 saturated heterocycles. The van der Waals surface area contributed by atoms with E-state index in [2.05, 4.69) is 23.9 Å². The van der Waals surface area contributed by atoms with Gasteiger partial charge in [-0.15, -0.1) is 0 Å². The average Bonchev–Trinajstić information content (AvgIpc) is 2.30. The first-order valence-corrected chi connectivity index (χ1v) is 5.94. The highest BCUT2D eigenvalue weighted by Crippen LogP contribution is 2.22. The van der Waals surface area contributed by atoms with Crippen LogP contribution in [0.4, 0.5) is 0 Å². The molecule has 0 radical (unpaired) electrons. The lowest BCUT2D eigenvalue weighted by atomic mass is 9.93. The van der Waals surface area contributed by atoms with Crippen LogP contribution in [0.1, 0.15) is 39.5 Å². The van der Waals surface area contributed by atoms with E-state index in [1.165, 1.54) is 19.3 Å². The molecule has 3 N–H and O–H groups in total. The summed E-state index contributed by atoms with van der Waals surface area (Å²) in [6.07, 6.45) is 4.66. The van der Waals surface area contributed by atoms with Gasteiger partial charge < -0.3 is 10.9 Å². The van der Waals surface area contributed by atoms with Gasteiger partial charge in [-0.3, -0.25) is 4.90 Å². The Morgan fingerprint density at radius 3 is 2.47 bits per heavy atom. The largest absolute Gasteiger partial charge is 0.409 e. The number of nitrogens with two attached hydrogens (primary N) is 1. The molecular weight excluding hydrogens is 190 g/mol. The molecule has 0 spiro atoms. The number of rotatable bonds is 4. The number of hydrogen-bond acceptors (Lipinski definition) is 3. The second-order valence-electron chi connectivity index (χ2n) is 4.34. The van der Waals surface area contributed by atoms with Crippen LogP contribution in [0.5, 0.6) is 0 Å². The van der Waals surface area contributed by atoms with Crippen LogP contribution in [0.25, 0.3) is 0 Å². The molecule has 1 atom stereocenters. The molecule has 0 aromatic carbocycles. The fourth-order valence-electron chi connectivity index (χ4n) is 2.39. The lowest BCUT2D eigenvalue weighted by Crippen LogP contribution is -2.48. The topological polar surface area (TPSA) is 61.8 Å². The predicted molar refractivity (Wildman–Crippen MR) is 62.1 cm³/mol. The van der Waals surface area contributed by atoms with E-state index < -0.39 is 0 Å². The van der Waals surface area contributed by atoms with Crippen LogP contribution in [-0.4, -0.2) is 35.1 Å². The van der Waals surface area contributed by atoms with Crippen molar-refractivity contribution in [1.82, 2.24) is 4.90 Å². The third-order valence-electron chi connectivity index (χ3n) is 3.51. The molecule has 1 rings (SSSR count). The number of oxime groups is 1. The Balaban J connectivity index is 2.50. The summed E-state index contributed by atoms with van der Waals surface area (Å²) in [7, 11) is 0. The van der Waals surface area contributed by atoms with E-state index in [9.17, 15) is 0 Å². The molecule has 1 fully saturated rings. The lowest BCUT2D eigenvalue weighted by molar-refractivity contribution is 0.155. The van der Waals surface area contributed by atoms with E-state index in [-0.39, 0.29) is 6.04 Å². The molecule has 0 aromatic rings. The van der Waals surface area contributed by atoms with E-state index in [0.29, 0.717) is 5.84 Å². The van der Waals surface area contributed by atoms with Gasteiger partial charge >= 0.3 is 0 Å². The summed E-state index contributed by atoms with van der Waals surface area (Å²) >= 11 is 0. The molecule has 1 aliphatic rings. The summed E-state index contributed by atoms with van der Waals surface area (Å²) in [5.41, 5.74) is 5.68. The number of hydrogen-bond donors (Lipinski definition) is 2. The van der Waals surface area contributed by atoms with Crippen LogP contribution in [0.3, 0.4) is 0 Å². The van der Waals surface area contributed by atoms with Gasteiger partial charge in [0.2, 0.25) is 0 Å². The van der Waals surface area contributed by atoms with E-state index in [1.54, 1.807) is 0 Å². The number of nitrogens with zero attached hydrogens (tertiary/aromatic N) is 2. The zero-order chi connectivity index (χ0) is 11.3. The Morgan fingerprint density at radius 1 is 1.47 bits per heavy atom. The van der Waals surface area contributed by atoms with E-state index in [1.807, 2.05) is 0 Å². The van der Waals surface area contributed by atoms with Gasteiger partial charge in [-0.2, -0.15) is 0 Å². The quantitative estimate of drug-likeness (QED) is 0.323. The summed E-state index contributed by atoms with van der Waals surface area (Å²) in [5, 5.41) is 11.8. The normalized spacial score (nSPS) is 22.9. The molecule has 1 unspecified atom stereocenters. The van der Waals surface area contributed by atoms with E-state index in [4.69, 9.17) is 10.9 Å². The molecule has 0 aromatic heterocycles. The summed E-state index contributed by atoms with van der Waals surface area (Å²) in [6, 6.07) is 0.118. The highest BCUT2D eigenvalue weighted by Gasteiger charge is 2.25. The van der Waals surface area contributed by atoms with E-state index >= 15 is 0 Å². The Hall–Kier alpha value is -0.770. The van der Waals surface area contributed by atoms with Crippen LogP contribution < -0.4 is 5.73 Å². The molecule has 88 valence electrons. The van der Waals surface area contributed by atoms with Crippen molar-refractivity contribution >= 4 is 5.84 Å². The molecule has 15 heavy (non-hydrogen) atoms. The molecule has 0 bridgehead atoms. The zero-order valence-electron chi connectivity index (χ0n) is 9.82. The molecule has 4 heteroatoms. The van der Waals surface area contributed by atoms with Crippen molar-refractivity contribution in [3.05, 3.63) is 0 Å². The second-order valence-corrected chi connectivity index (χ2v) is 4.34. The van der Waals surface area contributed by atoms with Crippen molar-refractivity contribution in [2.24, 2.45) is 16.8 Å². The molecular formula is C11H23N3O. The molecule has 0 aliphatic carbocycles. The fraction of sp³-hybridized carbons (Fsp3) is 0.909. The number of amidine groups is 1. The third-order valence-corrected chi connectivity index (χ3v) is 3.51. The first-order chi connectivity index (χ1) is 7.22. The average molecular weight is 213 g/mol. The van der Waals surface area contributed by atoms with Crippen LogP contribution in [0, 0.1) is 5.92 Å². The van der Waals surface area contributed by atoms with Gasteiger partial charge in [-0.25, -0.2) is 0 Å². The highest BCUT2D eigenvalue weighted by atomic mass is 16.4. The van der Waals surface area contributed by atoms with E-state index in [0.717, 1.165) is 25.4 Å². The summed E-state index contributed by atoms with van der Waals surface area (Å²) < 4.78 is 0. The van der Waals surface area contributed by atoms with Gasteiger partial charge in [0.25, 0.3) is 0 Å². The van der Waals surface area contributed by atoms with Gasteiger partial charge in [0, 0.05) is 0 Å². The van der Waals surface area contributed by atoms with Crippen molar-refractivity contribution in [3.8, 4) is 0 Å². The minimum absolute atomic E-state index is 0.118. The maximum atomic E-state index is 8.70. The minimum atomic E-state index is 0.118. The van der Waals surface area contributed by atoms with Crippen molar-refractivity contribution in [2.45, 2.75) is 45.6 Å². The maximum absolute atomic E-state index is 8.70. The number of piperidine rings is 1. The van der Waals surface area contributed by atoms with Crippen LogP contribution in [0.2, 0.25) is 0 Å². The number of likely N-dealkylation sites (tertiary alicyclic amines) is 1. The van der Waals surface area contributed by atoms with Crippen molar-refractivity contribution in [1.29, 1.82) is 0 Å². The standard InChI is InChI=1S/C11H23N3O/c1-3-9-5-7-14(8-6-9)10(4-2)11(12)13-15/h9-10,15H,3-8H2,1-2H3,(H2,12,13). The van der Waals surface area contributed by atoms with Gasteiger partial charge in [-0.05, 0) is 38.3 Å². The second kappa shape index (κ2) is 5.95. The fourth-order valence-corrected chi connectivity index (χ4v) is 2.39. The molecule has 0 amide bonds. The molecule has 4 nitrogen and oxygen atoms in total. The molecule has 1 aliphatic heterocycles. The Morgan fingerprint density at radius 2 is 2.07 bits per heavy atom. The minimum Gasteiger partial charge on any atom is -0.409 e. The SMILES string of the molecule is CCC1CCN(C(CC)C(N)=NO)CC1. The third kappa shape index (κ3) is 3.09. The maximum Gasteiger partial charge on any atom is 0.156 e. The molecule has 1 heterocycles. The van der Waals surface area contributed by atoms with Gasteiger partial charge in [0.05, 0.1) is 6.04 Å². The zero-order valence-corrected chi connectivity index (χ0v) is 9.82. The monoisotopic (exact) mass is 213 g/mol. The highest BCUT2D eigenvalue weighted by molar-refractivity contribution is 5.85. The van der Waals surface area contributed by atoms with Crippen molar-refractivity contribution in [3.63, 3.8) is 0 Å². The van der Waals surface area contributed by atoms with Crippen molar-refractivity contribution < 1.29 is 5.21 Å². The Bertz CT molecular complexity index is 210. The summed E-state index contributed by atoms with van der Waals surface area (Å²) in [5.74, 6) is 1.22. The van der Waals surface area contributed by atoms with Crippen LogP contribution >= 0.6 is 0 Å². The predicted octanol–water partition coefficient (Wildman–Crippen LogP) is 1.63. The first-order valence-electron chi connectivity index (χ1n) is 5.94. The summed E-state index contributed by atoms with van der Waals surface area (Å²) in [4.78, 5) is 2.33. The smallest absolute Gasteiger partial charge is 0.156 e. The first kappa shape index (κ1) is 12.3. The molecule has 0 saturated carbocycles. The van der Waals surface area contributed by atoms with Gasteiger partial charge in [-0.1, -0.05) is 25.4 Å². The Labute approximate surface area is 92.1 Å². The lowest BCUT2D eigenvalue weighted by Gasteiger charge is -2.36. The Kier molecular flexibility index (Phi) is 4.88. The van der Waals surface area contributed by atoms with Crippen molar-refractivity contribution in [2.75, 3.05) is 13.1 Å². The summed E-state index contributed by atoms with van der Waals surface area (Å²) in [6.45, 7) is 6.48. The van der Waals surface area contributed by atoms with Gasteiger partial charge in [0.15, 0.2) is 5.84 Å². The van der Waals surface area contributed by atoms with Crippen LogP contribution in [-0.2, 0) is 0 Å².